The van der Waals surface area contributed by atoms with Gasteiger partial charge in [0.1, 0.15) is 0 Å². The van der Waals surface area contributed by atoms with E-state index >= 15 is 0 Å². The van der Waals surface area contributed by atoms with Gasteiger partial charge in [0.2, 0.25) is 0 Å². The van der Waals surface area contributed by atoms with Crippen molar-refractivity contribution in [2.24, 2.45) is 0 Å². The zero-order valence-electron chi connectivity index (χ0n) is 16.2. The average molecular weight is 386 g/mol. The molecule has 7 nitrogen and oxygen atoms in total. The Bertz CT molecular complexity index is 871. The quantitative estimate of drug-likeness (QED) is 0.392. The van der Waals surface area contributed by atoms with E-state index in [1.807, 2.05) is 0 Å². The second-order valence-corrected chi connectivity index (χ2v) is 5.61. The van der Waals surface area contributed by atoms with E-state index in [0.717, 1.165) is 5.56 Å². The van der Waals surface area contributed by atoms with Crippen molar-refractivity contribution in [2.75, 3.05) is 28.4 Å². The molecule has 0 heterocycles. The third-order valence-corrected chi connectivity index (χ3v) is 3.82. The van der Waals surface area contributed by atoms with Crippen molar-refractivity contribution in [1.29, 1.82) is 0 Å². The first-order chi connectivity index (χ1) is 13.5. The maximum Gasteiger partial charge on any atom is 0.330 e. The highest BCUT2D eigenvalue weighted by Crippen LogP contribution is 2.30. The Kier molecular flexibility index (Phi) is 7.45. The fourth-order valence-corrected chi connectivity index (χ4v) is 2.42. The first-order valence-electron chi connectivity index (χ1n) is 8.36. The summed E-state index contributed by atoms with van der Waals surface area (Å²) in [6.45, 7) is 0. The van der Waals surface area contributed by atoms with Crippen LogP contribution in [0.2, 0.25) is 0 Å². The Morgan fingerprint density at radius 3 is 2.11 bits per heavy atom. The second kappa shape index (κ2) is 10.0. The Morgan fingerprint density at radius 1 is 0.821 bits per heavy atom. The summed E-state index contributed by atoms with van der Waals surface area (Å²) in [5.41, 5.74) is 1.42. The minimum atomic E-state index is -0.468. The standard InChI is InChI=1S/C21H22O7/c1-24-16-8-6-15(12-18(16)25-2)13-21(23)28-17-9-5-14(11-19(17)26-3)7-10-20(22)27-4/h5-12H,13H2,1-4H3/b10-7+. The summed E-state index contributed by atoms with van der Waals surface area (Å²) >= 11 is 0. The van der Waals surface area contributed by atoms with Gasteiger partial charge in [-0.15, -0.1) is 0 Å². The molecule has 2 aromatic rings. The Hall–Kier alpha value is -3.48. The first-order valence-corrected chi connectivity index (χ1v) is 8.36. The monoisotopic (exact) mass is 386 g/mol. The van der Waals surface area contributed by atoms with Crippen LogP contribution >= 0.6 is 0 Å². The molecule has 0 radical (unpaired) electrons. The zero-order chi connectivity index (χ0) is 20.5. The molecule has 28 heavy (non-hydrogen) atoms. The molecule has 0 bridgehead atoms. The van der Waals surface area contributed by atoms with Crippen LogP contribution in [-0.2, 0) is 20.7 Å². The van der Waals surface area contributed by atoms with Crippen molar-refractivity contribution in [2.45, 2.75) is 6.42 Å². The van der Waals surface area contributed by atoms with Crippen LogP contribution in [0.15, 0.2) is 42.5 Å². The molecule has 0 spiro atoms. The van der Waals surface area contributed by atoms with Crippen LogP contribution in [0.3, 0.4) is 0 Å². The minimum Gasteiger partial charge on any atom is -0.493 e. The molecule has 0 aliphatic heterocycles. The van der Waals surface area contributed by atoms with Crippen LogP contribution in [0, 0.1) is 0 Å². The first kappa shape index (κ1) is 20.8. The third-order valence-electron chi connectivity index (χ3n) is 3.82. The second-order valence-electron chi connectivity index (χ2n) is 5.61. The largest absolute Gasteiger partial charge is 0.493 e. The topological polar surface area (TPSA) is 80.3 Å². The van der Waals surface area contributed by atoms with E-state index in [-0.39, 0.29) is 12.2 Å². The molecule has 0 aliphatic carbocycles. The highest BCUT2D eigenvalue weighted by atomic mass is 16.6. The van der Waals surface area contributed by atoms with Crippen molar-refractivity contribution in [3.8, 4) is 23.0 Å². The molecule has 0 saturated carbocycles. The number of esters is 2. The Balaban J connectivity index is 2.11. The number of carbonyl (C=O) groups excluding carboxylic acids is 2. The summed E-state index contributed by atoms with van der Waals surface area (Å²) in [4.78, 5) is 23.5. The molecule has 7 heteroatoms. The summed E-state index contributed by atoms with van der Waals surface area (Å²) in [5, 5.41) is 0. The lowest BCUT2D eigenvalue weighted by Crippen LogP contribution is -2.12. The predicted octanol–water partition coefficient (Wildman–Crippen LogP) is 3.05. The molecule has 0 N–H and O–H groups in total. The molecule has 0 atom stereocenters. The Labute approximate surface area is 163 Å². The van der Waals surface area contributed by atoms with Crippen molar-refractivity contribution in [3.05, 3.63) is 53.6 Å². The highest BCUT2D eigenvalue weighted by molar-refractivity contribution is 5.87. The van der Waals surface area contributed by atoms with Gasteiger partial charge in [-0.2, -0.15) is 0 Å². The van der Waals surface area contributed by atoms with E-state index in [1.54, 1.807) is 49.6 Å². The minimum absolute atomic E-state index is 0.0491. The van der Waals surface area contributed by atoms with Crippen LogP contribution < -0.4 is 18.9 Å². The van der Waals surface area contributed by atoms with E-state index in [4.69, 9.17) is 18.9 Å². The molecular weight excluding hydrogens is 364 g/mol. The number of methoxy groups -OCH3 is 4. The molecule has 0 unspecified atom stereocenters. The maximum absolute atomic E-state index is 12.3. The van der Waals surface area contributed by atoms with Crippen LogP contribution in [0.5, 0.6) is 23.0 Å². The summed E-state index contributed by atoms with van der Waals surface area (Å²) in [7, 11) is 5.84. The van der Waals surface area contributed by atoms with Crippen molar-refractivity contribution < 1.29 is 33.3 Å². The fourth-order valence-electron chi connectivity index (χ4n) is 2.42. The number of rotatable bonds is 8. The lowest BCUT2D eigenvalue weighted by Gasteiger charge is -2.11. The Morgan fingerprint density at radius 2 is 1.46 bits per heavy atom. The lowest BCUT2D eigenvalue weighted by molar-refractivity contribution is -0.135. The number of hydrogen-bond donors (Lipinski definition) is 0. The van der Waals surface area contributed by atoms with Gasteiger partial charge in [0.25, 0.3) is 0 Å². The van der Waals surface area contributed by atoms with Crippen LogP contribution in [-0.4, -0.2) is 40.4 Å². The highest BCUT2D eigenvalue weighted by Gasteiger charge is 2.13. The van der Waals surface area contributed by atoms with E-state index in [2.05, 4.69) is 4.74 Å². The van der Waals surface area contributed by atoms with E-state index < -0.39 is 11.9 Å². The van der Waals surface area contributed by atoms with E-state index in [1.165, 1.54) is 27.4 Å². The van der Waals surface area contributed by atoms with Gasteiger partial charge in [-0.05, 0) is 41.5 Å². The normalized spacial score (nSPS) is 10.4. The molecule has 0 fully saturated rings. The van der Waals surface area contributed by atoms with Gasteiger partial charge in [-0.3, -0.25) is 4.79 Å². The fraction of sp³-hybridized carbons (Fsp3) is 0.238. The predicted molar refractivity (Wildman–Crippen MR) is 103 cm³/mol. The molecular formula is C21H22O7. The van der Waals surface area contributed by atoms with Crippen molar-refractivity contribution in [3.63, 3.8) is 0 Å². The van der Waals surface area contributed by atoms with Crippen molar-refractivity contribution in [1.82, 2.24) is 0 Å². The van der Waals surface area contributed by atoms with E-state index in [0.29, 0.717) is 22.8 Å². The van der Waals surface area contributed by atoms with Gasteiger partial charge >= 0.3 is 11.9 Å². The molecule has 2 rings (SSSR count). The summed E-state index contributed by atoms with van der Waals surface area (Å²) < 4.78 is 25.7. The van der Waals surface area contributed by atoms with Crippen LogP contribution in [0.25, 0.3) is 6.08 Å². The van der Waals surface area contributed by atoms with Gasteiger partial charge in [-0.1, -0.05) is 12.1 Å². The molecule has 0 aliphatic rings. The third kappa shape index (κ3) is 5.51. The molecule has 2 aromatic carbocycles. The van der Waals surface area contributed by atoms with Gasteiger partial charge in [0.15, 0.2) is 23.0 Å². The van der Waals surface area contributed by atoms with Gasteiger partial charge < -0.3 is 23.7 Å². The zero-order valence-corrected chi connectivity index (χ0v) is 16.2. The molecule has 0 amide bonds. The smallest absolute Gasteiger partial charge is 0.330 e. The molecule has 148 valence electrons. The van der Waals surface area contributed by atoms with Gasteiger partial charge in [-0.25, -0.2) is 4.79 Å². The van der Waals surface area contributed by atoms with Crippen molar-refractivity contribution >= 4 is 18.0 Å². The average Bonchev–Trinajstić information content (AvgIpc) is 2.72. The van der Waals surface area contributed by atoms with Gasteiger partial charge in [0, 0.05) is 6.08 Å². The van der Waals surface area contributed by atoms with Crippen LogP contribution in [0.4, 0.5) is 0 Å². The number of carbonyl (C=O) groups is 2. The van der Waals surface area contributed by atoms with Gasteiger partial charge in [0.05, 0.1) is 34.9 Å². The summed E-state index contributed by atoms with van der Waals surface area (Å²) in [5.74, 6) is 0.840. The lowest BCUT2D eigenvalue weighted by atomic mass is 10.1. The SMILES string of the molecule is COC(=O)/C=C/c1ccc(OC(=O)Cc2ccc(OC)c(OC)c2)c(OC)c1. The van der Waals surface area contributed by atoms with E-state index in [9.17, 15) is 9.59 Å². The molecule has 0 aromatic heterocycles. The van der Waals surface area contributed by atoms with Crippen LogP contribution in [0.1, 0.15) is 11.1 Å². The maximum atomic E-state index is 12.3. The summed E-state index contributed by atoms with van der Waals surface area (Å²) in [6, 6.07) is 10.2. The number of benzene rings is 2. The number of hydrogen-bond acceptors (Lipinski definition) is 7. The molecule has 0 saturated heterocycles. The summed E-state index contributed by atoms with van der Waals surface area (Å²) in [6.07, 6.45) is 2.91. The number of ether oxygens (including phenoxy) is 5.